The molecule has 0 radical (unpaired) electrons. The first kappa shape index (κ1) is 14.6. The summed E-state index contributed by atoms with van der Waals surface area (Å²) >= 11 is 0. The summed E-state index contributed by atoms with van der Waals surface area (Å²) in [4.78, 5) is 18.4. The van der Waals surface area contributed by atoms with Crippen LogP contribution in [0.2, 0.25) is 0 Å². The monoisotopic (exact) mass is 277 g/mol. The summed E-state index contributed by atoms with van der Waals surface area (Å²) < 4.78 is 5.02. The van der Waals surface area contributed by atoms with Crippen LogP contribution in [0.1, 0.15) is 44.0 Å². The fraction of sp³-hybridized carbons (Fsp3) is 0.600. The Bertz CT molecular complexity index is 490. The number of pyridine rings is 1. The van der Waals surface area contributed by atoms with E-state index in [1.54, 1.807) is 19.2 Å². The molecular weight excluding hydrogens is 254 g/mol. The maximum absolute atomic E-state index is 11.9. The molecular formula is C15H23N3O2. The van der Waals surface area contributed by atoms with E-state index in [0.29, 0.717) is 23.3 Å². The molecule has 2 N–H and O–H groups in total. The summed E-state index contributed by atoms with van der Waals surface area (Å²) in [5.74, 6) is 0.420. The largest absolute Gasteiger partial charge is 0.462 e. The topological polar surface area (TPSA) is 68.5 Å². The predicted octanol–water partition coefficient (Wildman–Crippen LogP) is 2.47. The average molecular weight is 277 g/mol. The molecule has 0 spiro atoms. The fourth-order valence-electron chi connectivity index (χ4n) is 2.35. The molecule has 0 amide bonds. The second-order valence-corrected chi connectivity index (χ2v) is 6.00. The first-order valence-electron chi connectivity index (χ1n) is 7.10. The highest BCUT2D eigenvalue weighted by Crippen LogP contribution is 2.32. The smallest absolute Gasteiger partial charge is 0.340 e. The van der Waals surface area contributed by atoms with Gasteiger partial charge < -0.3 is 15.4 Å². The van der Waals surface area contributed by atoms with Crippen LogP contribution in [0, 0.1) is 5.41 Å². The van der Waals surface area contributed by atoms with E-state index in [0.717, 1.165) is 31.7 Å². The van der Waals surface area contributed by atoms with Crippen LogP contribution in [0.3, 0.4) is 0 Å². The van der Waals surface area contributed by atoms with E-state index >= 15 is 0 Å². The average Bonchev–Trinajstić information content (AvgIpc) is 2.40. The molecule has 20 heavy (non-hydrogen) atoms. The van der Waals surface area contributed by atoms with Gasteiger partial charge in [-0.15, -0.1) is 0 Å². The van der Waals surface area contributed by atoms with Gasteiger partial charge in [0.25, 0.3) is 0 Å². The molecule has 2 rings (SSSR count). The van der Waals surface area contributed by atoms with Gasteiger partial charge in [0.15, 0.2) is 0 Å². The molecule has 0 bridgehead atoms. The summed E-state index contributed by atoms with van der Waals surface area (Å²) in [6, 6.07) is 1.74. The molecule has 5 heteroatoms. The number of aromatic nitrogens is 1. The highest BCUT2D eigenvalue weighted by atomic mass is 16.5. The maximum atomic E-state index is 11.9. The standard InChI is InChI=1S/C15H23N3O2/c1-4-20-14(19)11-9-13(17-10-12(11)16)18-7-5-15(2,3)6-8-18/h9-10H,4-8,16H2,1-3H3. The van der Waals surface area contributed by atoms with Gasteiger partial charge in [0, 0.05) is 13.1 Å². The zero-order chi connectivity index (χ0) is 14.8. The lowest BCUT2D eigenvalue weighted by atomic mass is 9.83. The molecule has 0 atom stereocenters. The minimum atomic E-state index is -0.383. The number of anilines is 2. The van der Waals surface area contributed by atoms with Gasteiger partial charge in [-0.05, 0) is 31.2 Å². The molecule has 1 aliphatic heterocycles. The van der Waals surface area contributed by atoms with Crippen molar-refractivity contribution >= 4 is 17.5 Å². The number of carbonyl (C=O) groups excluding carboxylic acids is 1. The normalized spacial score (nSPS) is 17.9. The molecule has 0 aliphatic carbocycles. The molecule has 1 aliphatic rings. The van der Waals surface area contributed by atoms with E-state index in [4.69, 9.17) is 10.5 Å². The van der Waals surface area contributed by atoms with E-state index in [9.17, 15) is 4.79 Å². The molecule has 1 aromatic heterocycles. The number of carbonyl (C=O) groups is 1. The molecule has 1 aromatic rings. The van der Waals surface area contributed by atoms with Gasteiger partial charge >= 0.3 is 5.97 Å². The third-order valence-corrected chi connectivity index (χ3v) is 3.86. The third-order valence-electron chi connectivity index (χ3n) is 3.86. The number of rotatable bonds is 3. The van der Waals surface area contributed by atoms with Crippen LogP contribution in [0.25, 0.3) is 0 Å². The highest BCUT2D eigenvalue weighted by molar-refractivity contribution is 5.95. The van der Waals surface area contributed by atoms with Crippen LogP contribution in [0.15, 0.2) is 12.3 Å². The van der Waals surface area contributed by atoms with E-state index in [1.807, 2.05) is 0 Å². The van der Waals surface area contributed by atoms with Gasteiger partial charge in [-0.2, -0.15) is 0 Å². The highest BCUT2D eigenvalue weighted by Gasteiger charge is 2.26. The zero-order valence-electron chi connectivity index (χ0n) is 12.5. The first-order valence-corrected chi connectivity index (χ1v) is 7.10. The number of hydrogen-bond donors (Lipinski definition) is 1. The van der Waals surface area contributed by atoms with Crippen molar-refractivity contribution in [3.8, 4) is 0 Å². The van der Waals surface area contributed by atoms with Gasteiger partial charge in [0.05, 0.1) is 24.1 Å². The number of nitrogens with two attached hydrogens (primary N) is 1. The lowest BCUT2D eigenvalue weighted by Crippen LogP contribution is -2.37. The number of nitrogens with zero attached hydrogens (tertiary/aromatic N) is 2. The number of ether oxygens (including phenoxy) is 1. The summed E-state index contributed by atoms with van der Waals surface area (Å²) in [6.45, 7) is 8.59. The van der Waals surface area contributed by atoms with Gasteiger partial charge in [0.2, 0.25) is 0 Å². The minimum Gasteiger partial charge on any atom is -0.462 e. The van der Waals surface area contributed by atoms with Crippen molar-refractivity contribution in [3.63, 3.8) is 0 Å². The van der Waals surface area contributed by atoms with Gasteiger partial charge in [-0.25, -0.2) is 9.78 Å². The van der Waals surface area contributed by atoms with Gasteiger partial charge in [0.1, 0.15) is 5.82 Å². The number of piperidine rings is 1. The maximum Gasteiger partial charge on any atom is 0.340 e. The molecule has 5 nitrogen and oxygen atoms in total. The Hall–Kier alpha value is -1.78. The van der Waals surface area contributed by atoms with Crippen molar-refractivity contribution in [2.75, 3.05) is 30.3 Å². The van der Waals surface area contributed by atoms with Crippen LogP contribution in [-0.4, -0.2) is 30.6 Å². The van der Waals surface area contributed by atoms with Crippen molar-refractivity contribution < 1.29 is 9.53 Å². The fourth-order valence-corrected chi connectivity index (χ4v) is 2.35. The van der Waals surface area contributed by atoms with Crippen molar-refractivity contribution in [2.24, 2.45) is 5.41 Å². The van der Waals surface area contributed by atoms with E-state index in [-0.39, 0.29) is 5.97 Å². The summed E-state index contributed by atoms with van der Waals surface area (Å²) in [5.41, 5.74) is 6.96. The number of hydrogen-bond acceptors (Lipinski definition) is 5. The second kappa shape index (κ2) is 5.69. The van der Waals surface area contributed by atoms with Crippen LogP contribution >= 0.6 is 0 Å². The number of esters is 1. The lowest BCUT2D eigenvalue weighted by molar-refractivity contribution is 0.0527. The Morgan fingerprint density at radius 1 is 1.45 bits per heavy atom. The second-order valence-electron chi connectivity index (χ2n) is 6.00. The van der Waals surface area contributed by atoms with Crippen molar-refractivity contribution in [1.82, 2.24) is 4.98 Å². The van der Waals surface area contributed by atoms with Crippen LogP contribution in [0.5, 0.6) is 0 Å². The molecule has 0 saturated carbocycles. The third kappa shape index (κ3) is 3.21. The number of nitrogen functional groups attached to an aromatic ring is 1. The molecule has 2 heterocycles. The Balaban J connectivity index is 2.17. The minimum absolute atomic E-state index is 0.341. The van der Waals surface area contributed by atoms with Crippen LogP contribution in [0.4, 0.5) is 11.5 Å². The van der Waals surface area contributed by atoms with Crippen LogP contribution in [-0.2, 0) is 4.74 Å². The summed E-state index contributed by atoms with van der Waals surface area (Å²) in [5, 5.41) is 0. The van der Waals surface area contributed by atoms with Crippen molar-refractivity contribution in [1.29, 1.82) is 0 Å². The Morgan fingerprint density at radius 2 is 2.10 bits per heavy atom. The molecule has 1 saturated heterocycles. The zero-order valence-corrected chi connectivity index (χ0v) is 12.5. The molecule has 1 fully saturated rings. The van der Waals surface area contributed by atoms with Crippen molar-refractivity contribution in [3.05, 3.63) is 17.8 Å². The lowest BCUT2D eigenvalue weighted by Gasteiger charge is -2.37. The molecule has 110 valence electrons. The first-order chi connectivity index (χ1) is 9.43. The summed E-state index contributed by atoms with van der Waals surface area (Å²) in [6.07, 6.45) is 3.78. The van der Waals surface area contributed by atoms with Crippen LogP contribution < -0.4 is 10.6 Å². The van der Waals surface area contributed by atoms with E-state index < -0.39 is 0 Å². The Labute approximate surface area is 120 Å². The predicted molar refractivity (Wildman–Crippen MR) is 79.8 cm³/mol. The Kier molecular flexibility index (Phi) is 4.16. The van der Waals surface area contributed by atoms with Gasteiger partial charge in [-0.1, -0.05) is 13.8 Å². The molecule has 0 aromatic carbocycles. The van der Waals surface area contributed by atoms with E-state index in [1.165, 1.54) is 0 Å². The van der Waals surface area contributed by atoms with Gasteiger partial charge in [-0.3, -0.25) is 0 Å². The molecule has 0 unspecified atom stereocenters. The van der Waals surface area contributed by atoms with E-state index in [2.05, 4.69) is 23.7 Å². The summed E-state index contributed by atoms with van der Waals surface area (Å²) in [7, 11) is 0. The quantitative estimate of drug-likeness (QED) is 0.860. The SMILES string of the molecule is CCOC(=O)c1cc(N2CCC(C)(C)CC2)ncc1N. The van der Waals surface area contributed by atoms with Crippen molar-refractivity contribution in [2.45, 2.75) is 33.6 Å². The Morgan fingerprint density at radius 3 is 2.70 bits per heavy atom.